The molecule has 14 heteroatoms. The lowest BCUT2D eigenvalue weighted by molar-refractivity contribution is -0.142. The Morgan fingerprint density at radius 1 is 1.15 bits per heavy atom. The Bertz CT molecular complexity index is 1450. The van der Waals surface area contributed by atoms with E-state index < -0.39 is 58.9 Å². The molecule has 0 spiro atoms. The predicted octanol–water partition coefficient (Wildman–Crippen LogP) is 5.39. The fraction of sp³-hybridized carbons (Fsp3) is 0.576. The number of hydrogen-bond donors (Lipinski definition) is 2. The number of fused-ring (bicyclic) bond motifs is 1. The van der Waals surface area contributed by atoms with Crippen LogP contribution >= 0.6 is 0 Å². The van der Waals surface area contributed by atoms with Crippen LogP contribution in [-0.4, -0.2) is 92.3 Å². The molecule has 10 nitrogen and oxygen atoms in total. The smallest absolute Gasteiger partial charge is 0.389 e. The molecule has 1 heterocycles. The van der Waals surface area contributed by atoms with Crippen molar-refractivity contribution in [3.8, 4) is 5.75 Å². The monoisotopic (exact) mass is 685 g/mol. The first kappa shape index (κ1) is 38.2. The van der Waals surface area contributed by atoms with E-state index in [-0.39, 0.29) is 47.7 Å². The van der Waals surface area contributed by atoms with Crippen molar-refractivity contribution in [3.63, 3.8) is 0 Å². The van der Waals surface area contributed by atoms with Crippen molar-refractivity contribution in [3.05, 3.63) is 53.6 Å². The summed E-state index contributed by atoms with van der Waals surface area (Å²) in [5, 5.41) is 12.6. The van der Waals surface area contributed by atoms with Crippen LogP contribution < -0.4 is 10.1 Å². The van der Waals surface area contributed by atoms with Gasteiger partial charge in [-0.1, -0.05) is 24.6 Å². The lowest BCUT2D eigenvalue weighted by Crippen LogP contribution is -2.48. The second-order valence-electron chi connectivity index (χ2n) is 12.3. The number of alkyl halides is 3. The van der Waals surface area contributed by atoms with Gasteiger partial charge in [-0.2, -0.15) is 17.5 Å². The molecule has 0 saturated heterocycles. The molecular formula is C33H46F3N3O7S. The molecule has 2 aromatic carbocycles. The zero-order chi connectivity index (χ0) is 34.9. The summed E-state index contributed by atoms with van der Waals surface area (Å²) in [6, 6.07) is 10.2. The number of anilines is 1. The van der Waals surface area contributed by atoms with Crippen LogP contribution in [0.15, 0.2) is 47.4 Å². The van der Waals surface area contributed by atoms with Gasteiger partial charge in [0, 0.05) is 44.8 Å². The van der Waals surface area contributed by atoms with Gasteiger partial charge in [0.2, 0.25) is 15.9 Å². The van der Waals surface area contributed by atoms with Crippen LogP contribution in [0.2, 0.25) is 0 Å². The Morgan fingerprint density at radius 3 is 2.47 bits per heavy atom. The lowest BCUT2D eigenvalue weighted by atomic mass is 10.0. The molecule has 0 aliphatic carbocycles. The molecule has 4 atom stereocenters. The van der Waals surface area contributed by atoms with E-state index in [2.05, 4.69) is 5.32 Å². The third kappa shape index (κ3) is 11.2. The van der Waals surface area contributed by atoms with Crippen LogP contribution in [-0.2, 0) is 19.6 Å². The van der Waals surface area contributed by atoms with Gasteiger partial charge >= 0.3 is 6.18 Å². The summed E-state index contributed by atoms with van der Waals surface area (Å²) < 4.78 is 78.4. The fourth-order valence-electron chi connectivity index (χ4n) is 5.18. The highest BCUT2D eigenvalue weighted by atomic mass is 32.2. The molecule has 0 radical (unpaired) electrons. The zero-order valence-corrected chi connectivity index (χ0v) is 28.4. The van der Waals surface area contributed by atoms with Crippen LogP contribution in [0.5, 0.6) is 5.75 Å². The number of aliphatic hydroxyl groups is 1. The van der Waals surface area contributed by atoms with E-state index in [0.29, 0.717) is 19.4 Å². The van der Waals surface area contributed by atoms with Crippen LogP contribution in [0.4, 0.5) is 18.9 Å². The number of aryl methyl sites for hydroxylation is 1. The Balaban J connectivity index is 1.94. The average molecular weight is 686 g/mol. The van der Waals surface area contributed by atoms with Gasteiger partial charge in [-0.25, -0.2) is 8.42 Å². The highest BCUT2D eigenvalue weighted by Crippen LogP contribution is 2.29. The topological polar surface area (TPSA) is 125 Å². The Labute approximate surface area is 275 Å². The van der Waals surface area contributed by atoms with Gasteiger partial charge < -0.3 is 24.8 Å². The summed E-state index contributed by atoms with van der Waals surface area (Å²) >= 11 is 0. The maximum absolute atomic E-state index is 14.2. The van der Waals surface area contributed by atoms with Gasteiger partial charge in [-0.3, -0.25) is 9.59 Å². The van der Waals surface area contributed by atoms with Crippen LogP contribution in [0.25, 0.3) is 0 Å². The van der Waals surface area contributed by atoms with Crippen molar-refractivity contribution in [2.75, 3.05) is 38.7 Å². The van der Waals surface area contributed by atoms with Gasteiger partial charge in [0.05, 0.1) is 41.7 Å². The van der Waals surface area contributed by atoms with Crippen molar-refractivity contribution >= 4 is 27.5 Å². The van der Waals surface area contributed by atoms with E-state index in [9.17, 15) is 36.3 Å². The minimum Gasteiger partial charge on any atom is -0.490 e. The average Bonchev–Trinajstić information content (AvgIpc) is 3.01. The molecule has 1 aliphatic heterocycles. The summed E-state index contributed by atoms with van der Waals surface area (Å²) in [6.45, 7) is 7.26. The largest absolute Gasteiger partial charge is 0.490 e. The molecule has 262 valence electrons. The first-order valence-corrected chi connectivity index (χ1v) is 17.2. The minimum absolute atomic E-state index is 0.0110. The first-order valence-electron chi connectivity index (χ1n) is 15.8. The normalized spacial score (nSPS) is 21.0. The van der Waals surface area contributed by atoms with Crippen LogP contribution in [0, 0.1) is 12.8 Å². The number of ether oxygens (including phenoxy) is 2. The van der Waals surface area contributed by atoms with Crippen molar-refractivity contribution in [2.24, 2.45) is 5.92 Å². The van der Waals surface area contributed by atoms with Crippen molar-refractivity contribution in [2.45, 2.75) is 89.1 Å². The number of rotatable bonds is 9. The van der Waals surface area contributed by atoms with E-state index in [1.54, 1.807) is 31.2 Å². The molecule has 2 N–H and O–H groups in total. The Morgan fingerprint density at radius 2 is 1.83 bits per heavy atom. The molecule has 0 saturated carbocycles. The van der Waals surface area contributed by atoms with Crippen LogP contribution in [0.3, 0.4) is 0 Å². The highest BCUT2D eigenvalue weighted by molar-refractivity contribution is 7.89. The highest BCUT2D eigenvalue weighted by Gasteiger charge is 2.33. The van der Waals surface area contributed by atoms with E-state index in [1.807, 2.05) is 20.8 Å². The first-order chi connectivity index (χ1) is 22.0. The number of carbonyl (C=O) groups is 2. The summed E-state index contributed by atoms with van der Waals surface area (Å²) in [4.78, 5) is 28.0. The third-order valence-electron chi connectivity index (χ3n) is 8.14. The van der Waals surface area contributed by atoms with Crippen molar-refractivity contribution in [1.82, 2.24) is 9.21 Å². The number of sulfonamides is 1. The number of hydrogen-bond acceptors (Lipinski definition) is 7. The molecule has 0 aromatic heterocycles. The summed E-state index contributed by atoms with van der Waals surface area (Å²) in [5.74, 6) is -1.57. The van der Waals surface area contributed by atoms with Gasteiger partial charge in [0.25, 0.3) is 5.91 Å². The molecule has 47 heavy (non-hydrogen) atoms. The number of carbonyl (C=O) groups excluding carboxylic acids is 2. The molecular weight excluding hydrogens is 639 g/mol. The SMILES string of the molecule is Cc1ccc(S(=O)(=O)N(C)C[C@@H]2OCCCC[C@@H](C)Oc3ccc(NC(=O)CCC(F)(F)F)cc3C(=O)N([C@@H](C)CO)C[C@H]2C)cc1. The summed E-state index contributed by atoms with van der Waals surface area (Å²) in [5.41, 5.74) is 1.11. The van der Waals surface area contributed by atoms with Crippen molar-refractivity contribution in [1.29, 1.82) is 0 Å². The Hall–Kier alpha value is -3.20. The number of nitrogens with one attached hydrogen (secondary N) is 1. The molecule has 0 unspecified atom stereocenters. The van der Waals surface area contributed by atoms with E-state index in [0.717, 1.165) is 12.0 Å². The maximum atomic E-state index is 14.2. The molecule has 2 aromatic rings. The summed E-state index contributed by atoms with van der Waals surface area (Å²) in [7, 11) is -2.36. The second-order valence-corrected chi connectivity index (χ2v) is 14.3. The predicted molar refractivity (Wildman–Crippen MR) is 172 cm³/mol. The number of likely N-dealkylation sites (N-methyl/N-ethyl adjacent to an activating group) is 1. The number of benzene rings is 2. The maximum Gasteiger partial charge on any atom is 0.389 e. The van der Waals surface area contributed by atoms with E-state index in [1.165, 1.54) is 34.5 Å². The molecule has 1 aliphatic rings. The molecule has 3 rings (SSSR count). The van der Waals surface area contributed by atoms with Crippen LogP contribution in [0.1, 0.15) is 68.8 Å². The van der Waals surface area contributed by atoms with Gasteiger partial charge in [0.15, 0.2) is 0 Å². The number of aliphatic hydroxyl groups excluding tert-OH is 1. The number of amides is 2. The summed E-state index contributed by atoms with van der Waals surface area (Å²) in [6.07, 6.45) is -5.46. The number of halogens is 3. The third-order valence-corrected chi connectivity index (χ3v) is 9.97. The molecule has 2 amide bonds. The molecule has 0 fully saturated rings. The lowest BCUT2D eigenvalue weighted by Gasteiger charge is -2.35. The second kappa shape index (κ2) is 16.8. The standard InChI is InChI=1S/C33H46F3N3O7S/c1-22-9-12-27(13-10-22)47(43,44)38(5)20-30-23(2)19-39(24(3)21-40)32(42)28-18-26(37-31(41)15-16-33(34,35)36)11-14-29(28)46-25(4)8-6-7-17-45-30/h9-14,18,23-25,30,40H,6-8,15-17,19-21H2,1-5H3,(H,37,41)/t23-,24+,25-,30+/m1/s1. The zero-order valence-electron chi connectivity index (χ0n) is 27.5. The molecule has 0 bridgehead atoms. The van der Waals surface area contributed by atoms with E-state index >= 15 is 0 Å². The minimum atomic E-state index is -4.49. The van der Waals surface area contributed by atoms with Crippen molar-refractivity contribution < 1.29 is 45.8 Å². The Kier molecular flexibility index (Phi) is 13.6. The van der Waals surface area contributed by atoms with E-state index in [4.69, 9.17) is 9.47 Å². The van der Waals surface area contributed by atoms with Gasteiger partial charge in [-0.15, -0.1) is 0 Å². The quantitative estimate of drug-likeness (QED) is 0.363. The number of nitrogens with zero attached hydrogens (tertiary/aromatic N) is 2. The van der Waals surface area contributed by atoms with Gasteiger partial charge in [0.1, 0.15) is 5.75 Å². The fourth-order valence-corrected chi connectivity index (χ4v) is 6.37. The van der Waals surface area contributed by atoms with Gasteiger partial charge in [-0.05, 0) is 70.4 Å².